The SMILES string of the molecule is C=CCn1c(=N)sc2cc3c(cc21)OCO3. The summed E-state index contributed by atoms with van der Waals surface area (Å²) in [6, 6.07) is 3.86. The van der Waals surface area contributed by atoms with E-state index in [0.29, 0.717) is 11.3 Å². The number of benzene rings is 1. The largest absolute Gasteiger partial charge is 0.454 e. The second kappa shape index (κ2) is 3.38. The summed E-state index contributed by atoms with van der Waals surface area (Å²) in [5, 5.41) is 7.87. The van der Waals surface area contributed by atoms with Gasteiger partial charge in [0.1, 0.15) is 0 Å². The fourth-order valence-corrected chi connectivity index (χ4v) is 2.72. The molecule has 0 spiro atoms. The lowest BCUT2D eigenvalue weighted by Gasteiger charge is -2.01. The topological polar surface area (TPSA) is 47.2 Å². The van der Waals surface area contributed by atoms with Crippen LogP contribution in [0, 0.1) is 5.41 Å². The average molecular weight is 234 g/mol. The van der Waals surface area contributed by atoms with E-state index in [9.17, 15) is 0 Å². The van der Waals surface area contributed by atoms with Crippen LogP contribution in [0.15, 0.2) is 24.8 Å². The maximum absolute atomic E-state index is 7.87. The van der Waals surface area contributed by atoms with E-state index in [4.69, 9.17) is 14.9 Å². The van der Waals surface area contributed by atoms with E-state index >= 15 is 0 Å². The van der Waals surface area contributed by atoms with Crippen molar-refractivity contribution in [3.8, 4) is 11.5 Å². The monoisotopic (exact) mass is 234 g/mol. The Morgan fingerprint density at radius 1 is 1.44 bits per heavy atom. The van der Waals surface area contributed by atoms with Crippen molar-refractivity contribution in [2.45, 2.75) is 6.54 Å². The van der Waals surface area contributed by atoms with Crippen LogP contribution in [0.2, 0.25) is 0 Å². The second-order valence-corrected chi connectivity index (χ2v) is 4.51. The highest BCUT2D eigenvalue weighted by atomic mass is 32.1. The summed E-state index contributed by atoms with van der Waals surface area (Å²) >= 11 is 1.43. The molecule has 16 heavy (non-hydrogen) atoms. The molecule has 1 N–H and O–H groups in total. The molecule has 82 valence electrons. The molecule has 0 saturated carbocycles. The van der Waals surface area contributed by atoms with Crippen molar-refractivity contribution in [1.82, 2.24) is 4.57 Å². The third-order valence-electron chi connectivity index (χ3n) is 2.51. The third kappa shape index (κ3) is 1.25. The maximum Gasteiger partial charge on any atom is 0.231 e. The van der Waals surface area contributed by atoms with Crippen molar-refractivity contribution in [2.75, 3.05) is 6.79 Å². The number of ether oxygens (including phenoxy) is 2. The van der Waals surface area contributed by atoms with Crippen LogP contribution >= 0.6 is 11.3 Å². The number of aromatic nitrogens is 1. The van der Waals surface area contributed by atoms with Gasteiger partial charge in [0.2, 0.25) is 6.79 Å². The van der Waals surface area contributed by atoms with Gasteiger partial charge in [-0.15, -0.1) is 6.58 Å². The van der Waals surface area contributed by atoms with Crippen LogP contribution in [0.5, 0.6) is 11.5 Å². The number of nitrogens with zero attached hydrogens (tertiary/aromatic N) is 1. The van der Waals surface area contributed by atoms with Gasteiger partial charge in [-0.2, -0.15) is 0 Å². The lowest BCUT2D eigenvalue weighted by molar-refractivity contribution is 0.174. The summed E-state index contributed by atoms with van der Waals surface area (Å²) in [5.74, 6) is 1.52. The molecule has 2 aromatic rings. The summed E-state index contributed by atoms with van der Waals surface area (Å²) in [6.45, 7) is 4.62. The van der Waals surface area contributed by atoms with Crippen molar-refractivity contribution in [3.05, 3.63) is 29.6 Å². The zero-order chi connectivity index (χ0) is 11.1. The zero-order valence-corrected chi connectivity index (χ0v) is 9.34. The molecule has 0 fully saturated rings. The minimum Gasteiger partial charge on any atom is -0.454 e. The molecule has 0 unspecified atom stereocenters. The quantitative estimate of drug-likeness (QED) is 0.809. The zero-order valence-electron chi connectivity index (χ0n) is 8.53. The van der Waals surface area contributed by atoms with Crippen LogP contribution in [0.3, 0.4) is 0 Å². The Bertz CT molecular complexity index is 627. The number of allylic oxidation sites excluding steroid dienone is 1. The molecule has 1 aromatic carbocycles. The Morgan fingerprint density at radius 3 is 2.94 bits per heavy atom. The smallest absolute Gasteiger partial charge is 0.231 e. The maximum atomic E-state index is 7.87. The van der Waals surface area contributed by atoms with Crippen LogP contribution < -0.4 is 14.3 Å². The lowest BCUT2D eigenvalue weighted by atomic mass is 10.3. The highest BCUT2D eigenvalue weighted by molar-refractivity contribution is 7.16. The molecule has 0 bridgehead atoms. The first-order valence-electron chi connectivity index (χ1n) is 4.88. The second-order valence-electron chi connectivity index (χ2n) is 3.48. The van der Waals surface area contributed by atoms with Gasteiger partial charge in [0, 0.05) is 18.7 Å². The molecular weight excluding hydrogens is 224 g/mol. The summed E-state index contributed by atoms with van der Waals surface area (Å²) in [4.78, 5) is 0.513. The van der Waals surface area contributed by atoms with E-state index in [2.05, 4.69) is 6.58 Å². The fourth-order valence-electron chi connectivity index (χ4n) is 1.78. The van der Waals surface area contributed by atoms with Crippen LogP contribution in [0.4, 0.5) is 0 Å². The summed E-state index contributed by atoms with van der Waals surface area (Å²) in [5.41, 5.74) is 0.999. The molecule has 2 heterocycles. The molecule has 4 nitrogen and oxygen atoms in total. The van der Waals surface area contributed by atoms with E-state index in [1.54, 1.807) is 6.08 Å². The van der Waals surface area contributed by atoms with Gasteiger partial charge in [-0.3, -0.25) is 5.41 Å². The van der Waals surface area contributed by atoms with Gasteiger partial charge in [0.05, 0.1) is 10.2 Å². The Hall–Kier alpha value is -1.75. The molecule has 0 radical (unpaired) electrons. The molecule has 0 atom stereocenters. The van der Waals surface area contributed by atoms with Crippen LogP contribution in [0.1, 0.15) is 0 Å². The predicted octanol–water partition coefficient (Wildman–Crippen LogP) is 2.10. The third-order valence-corrected chi connectivity index (χ3v) is 3.47. The number of thiazole rings is 1. The Morgan fingerprint density at radius 2 is 2.19 bits per heavy atom. The number of rotatable bonds is 2. The molecule has 1 aliphatic rings. The van der Waals surface area contributed by atoms with Gasteiger partial charge in [-0.05, 0) is 0 Å². The Kier molecular flexibility index (Phi) is 2.00. The van der Waals surface area contributed by atoms with Gasteiger partial charge >= 0.3 is 0 Å². The van der Waals surface area contributed by atoms with Crippen LogP contribution in [-0.2, 0) is 6.54 Å². The van der Waals surface area contributed by atoms with Crippen molar-refractivity contribution < 1.29 is 9.47 Å². The molecular formula is C11H10N2O2S. The first kappa shape index (κ1) is 9.47. The molecule has 5 heteroatoms. The Balaban J connectivity index is 2.31. The van der Waals surface area contributed by atoms with Gasteiger partial charge < -0.3 is 14.0 Å². The lowest BCUT2D eigenvalue weighted by Crippen LogP contribution is -2.11. The Labute approximate surface area is 95.9 Å². The first-order valence-corrected chi connectivity index (χ1v) is 5.69. The number of hydrogen-bond acceptors (Lipinski definition) is 4. The van der Waals surface area contributed by atoms with E-state index < -0.39 is 0 Å². The van der Waals surface area contributed by atoms with Crippen LogP contribution in [0.25, 0.3) is 10.2 Å². The van der Waals surface area contributed by atoms with E-state index in [1.807, 2.05) is 16.7 Å². The standard InChI is InChI=1S/C11H10N2O2S/c1-2-3-13-7-4-8-9(15-6-14-8)5-10(7)16-11(13)12/h2,4-5,12H,1,3,6H2. The van der Waals surface area contributed by atoms with Crippen molar-refractivity contribution in [1.29, 1.82) is 5.41 Å². The molecule has 0 aliphatic carbocycles. The molecule has 1 aliphatic heterocycles. The summed E-state index contributed by atoms with van der Waals surface area (Å²) in [6.07, 6.45) is 1.79. The van der Waals surface area contributed by atoms with Gasteiger partial charge in [-0.1, -0.05) is 17.4 Å². The van der Waals surface area contributed by atoms with Crippen LogP contribution in [-0.4, -0.2) is 11.4 Å². The summed E-state index contributed by atoms with van der Waals surface area (Å²) < 4.78 is 13.6. The minimum absolute atomic E-state index is 0.280. The van der Waals surface area contributed by atoms with Gasteiger partial charge in [0.15, 0.2) is 16.3 Å². The van der Waals surface area contributed by atoms with Gasteiger partial charge in [-0.25, -0.2) is 0 Å². The molecule has 3 rings (SSSR count). The number of nitrogens with one attached hydrogen (secondary N) is 1. The number of hydrogen-bond donors (Lipinski definition) is 1. The van der Waals surface area contributed by atoms with E-state index in [1.165, 1.54) is 11.3 Å². The highest BCUT2D eigenvalue weighted by Gasteiger charge is 2.16. The van der Waals surface area contributed by atoms with Gasteiger partial charge in [0.25, 0.3) is 0 Å². The minimum atomic E-state index is 0.280. The number of fused-ring (bicyclic) bond motifs is 2. The van der Waals surface area contributed by atoms with Crippen molar-refractivity contribution >= 4 is 21.6 Å². The predicted molar refractivity (Wildman–Crippen MR) is 62.0 cm³/mol. The van der Waals surface area contributed by atoms with E-state index in [0.717, 1.165) is 21.7 Å². The first-order chi connectivity index (χ1) is 7.79. The molecule has 1 aromatic heterocycles. The van der Waals surface area contributed by atoms with Crippen molar-refractivity contribution in [2.24, 2.45) is 0 Å². The molecule has 0 amide bonds. The van der Waals surface area contributed by atoms with E-state index in [-0.39, 0.29) is 6.79 Å². The van der Waals surface area contributed by atoms with Crippen molar-refractivity contribution in [3.63, 3.8) is 0 Å². The average Bonchev–Trinajstić information content (AvgIpc) is 2.81. The fraction of sp³-hybridized carbons (Fsp3) is 0.182. The summed E-state index contributed by atoms with van der Waals surface area (Å²) in [7, 11) is 0. The normalized spacial score (nSPS) is 13.2. The highest BCUT2D eigenvalue weighted by Crippen LogP contribution is 2.36. The molecule has 0 saturated heterocycles.